The number of piperidine rings is 1. The number of carbonyl (C=O) groups excluding carboxylic acids is 1. The lowest BCUT2D eigenvalue weighted by Crippen LogP contribution is -2.35. The van der Waals surface area contributed by atoms with Crippen LogP contribution < -0.4 is 9.62 Å². The molecule has 2 aromatic rings. The minimum Gasteiger partial charge on any atom is -0.312 e. The third-order valence-corrected chi connectivity index (χ3v) is 5.70. The molecule has 1 N–H and O–H groups in total. The van der Waals surface area contributed by atoms with Crippen molar-refractivity contribution in [2.24, 2.45) is 0 Å². The highest BCUT2D eigenvalue weighted by molar-refractivity contribution is 7.92. The Morgan fingerprint density at radius 3 is 2.64 bits per heavy atom. The minimum atomic E-state index is -3.84. The summed E-state index contributed by atoms with van der Waals surface area (Å²) in [6, 6.07) is 10.3. The number of benzene rings is 2. The second-order valence-electron chi connectivity index (χ2n) is 6.07. The molecule has 0 spiro atoms. The summed E-state index contributed by atoms with van der Waals surface area (Å²) in [6.45, 7) is 2.17. The first-order valence-corrected chi connectivity index (χ1v) is 9.54. The molecule has 1 heterocycles. The van der Waals surface area contributed by atoms with Crippen LogP contribution in [0.25, 0.3) is 0 Å². The summed E-state index contributed by atoms with van der Waals surface area (Å²) in [5.74, 6) is -0.442. The average molecular weight is 362 g/mol. The number of halogens is 1. The summed E-state index contributed by atoms with van der Waals surface area (Å²) in [4.78, 5) is 13.7. The Kier molecular flexibility index (Phi) is 4.76. The van der Waals surface area contributed by atoms with Crippen LogP contribution in [0.2, 0.25) is 0 Å². The maximum Gasteiger partial charge on any atom is 0.262 e. The van der Waals surface area contributed by atoms with Crippen molar-refractivity contribution in [3.8, 4) is 0 Å². The Morgan fingerprint density at radius 1 is 1.12 bits per heavy atom. The van der Waals surface area contributed by atoms with Crippen LogP contribution in [0.4, 0.5) is 15.8 Å². The molecule has 7 heteroatoms. The summed E-state index contributed by atoms with van der Waals surface area (Å²) in [6.07, 6.45) is 2.31. The number of sulfonamides is 1. The molecule has 0 aromatic heterocycles. The van der Waals surface area contributed by atoms with E-state index >= 15 is 0 Å². The molecule has 1 aliphatic rings. The topological polar surface area (TPSA) is 66.5 Å². The lowest BCUT2D eigenvalue weighted by molar-refractivity contribution is -0.119. The van der Waals surface area contributed by atoms with E-state index in [1.807, 2.05) is 0 Å². The van der Waals surface area contributed by atoms with Crippen molar-refractivity contribution in [2.45, 2.75) is 31.1 Å². The molecule has 3 rings (SSSR count). The Hall–Kier alpha value is -2.41. The highest BCUT2D eigenvalue weighted by Gasteiger charge is 2.21. The highest BCUT2D eigenvalue weighted by Crippen LogP contribution is 2.26. The normalized spacial score (nSPS) is 15.3. The number of carbonyl (C=O) groups is 1. The van der Waals surface area contributed by atoms with Crippen LogP contribution in [0.3, 0.4) is 0 Å². The molecular formula is C18H19FN2O3S. The van der Waals surface area contributed by atoms with Gasteiger partial charge in [0, 0.05) is 18.7 Å². The summed E-state index contributed by atoms with van der Waals surface area (Å²) in [5, 5.41) is 0. The summed E-state index contributed by atoms with van der Waals surface area (Å²) < 4.78 is 40.8. The molecule has 0 unspecified atom stereocenters. The molecule has 1 fully saturated rings. The van der Waals surface area contributed by atoms with Crippen LogP contribution in [0.5, 0.6) is 0 Å². The van der Waals surface area contributed by atoms with Gasteiger partial charge in [0.15, 0.2) is 0 Å². The summed E-state index contributed by atoms with van der Waals surface area (Å²) >= 11 is 0. The zero-order valence-corrected chi connectivity index (χ0v) is 14.6. The number of rotatable bonds is 4. The van der Waals surface area contributed by atoms with Crippen LogP contribution in [-0.2, 0) is 14.8 Å². The zero-order valence-electron chi connectivity index (χ0n) is 13.8. The fourth-order valence-electron chi connectivity index (χ4n) is 2.94. The van der Waals surface area contributed by atoms with Gasteiger partial charge in [0.1, 0.15) is 5.82 Å². The Balaban J connectivity index is 1.87. The molecule has 0 saturated carbocycles. The summed E-state index contributed by atoms with van der Waals surface area (Å²) in [7, 11) is -3.84. The van der Waals surface area contributed by atoms with Crippen molar-refractivity contribution in [1.29, 1.82) is 0 Å². The number of amides is 1. The highest BCUT2D eigenvalue weighted by atomic mass is 32.2. The van der Waals surface area contributed by atoms with Gasteiger partial charge in [-0.15, -0.1) is 0 Å². The van der Waals surface area contributed by atoms with Gasteiger partial charge in [-0.3, -0.25) is 9.52 Å². The van der Waals surface area contributed by atoms with Crippen molar-refractivity contribution >= 4 is 27.3 Å². The molecule has 25 heavy (non-hydrogen) atoms. The van der Waals surface area contributed by atoms with Crippen LogP contribution in [0.1, 0.15) is 24.8 Å². The molecule has 0 radical (unpaired) electrons. The third-order valence-electron chi connectivity index (χ3n) is 4.16. The first kappa shape index (κ1) is 17.4. The molecule has 1 amide bonds. The van der Waals surface area contributed by atoms with E-state index < -0.39 is 15.8 Å². The van der Waals surface area contributed by atoms with E-state index in [2.05, 4.69) is 4.72 Å². The number of nitrogens with one attached hydrogen (secondary N) is 1. The van der Waals surface area contributed by atoms with Gasteiger partial charge in [-0.25, -0.2) is 12.8 Å². The van der Waals surface area contributed by atoms with Crippen molar-refractivity contribution in [2.75, 3.05) is 16.2 Å². The van der Waals surface area contributed by atoms with Gasteiger partial charge in [0.25, 0.3) is 10.0 Å². The van der Waals surface area contributed by atoms with Crippen LogP contribution in [0, 0.1) is 12.7 Å². The first-order chi connectivity index (χ1) is 11.9. The van der Waals surface area contributed by atoms with Gasteiger partial charge in [0.05, 0.1) is 10.6 Å². The minimum absolute atomic E-state index is 0.0216. The van der Waals surface area contributed by atoms with E-state index in [4.69, 9.17) is 0 Å². The number of aryl methyl sites for hydroxylation is 1. The largest absolute Gasteiger partial charge is 0.312 e. The number of anilines is 2. The molecule has 132 valence electrons. The first-order valence-electron chi connectivity index (χ1n) is 8.06. The van der Waals surface area contributed by atoms with Gasteiger partial charge in [0.2, 0.25) is 5.91 Å². The molecule has 0 bridgehead atoms. The second-order valence-corrected chi connectivity index (χ2v) is 7.72. The molecule has 0 aliphatic carbocycles. The number of hydrogen-bond acceptors (Lipinski definition) is 3. The summed E-state index contributed by atoms with van der Waals surface area (Å²) in [5.41, 5.74) is 1.36. The van der Waals surface area contributed by atoms with Crippen molar-refractivity contribution in [3.63, 3.8) is 0 Å². The van der Waals surface area contributed by atoms with Gasteiger partial charge in [-0.05, 0) is 61.7 Å². The molecule has 1 saturated heterocycles. The Morgan fingerprint density at radius 2 is 1.92 bits per heavy atom. The molecule has 2 aromatic carbocycles. The van der Waals surface area contributed by atoms with Crippen molar-refractivity contribution in [3.05, 3.63) is 53.8 Å². The molecule has 0 atom stereocenters. The quantitative estimate of drug-likeness (QED) is 0.906. The average Bonchev–Trinajstić information content (AvgIpc) is 2.54. The predicted octanol–water partition coefficient (Wildman–Crippen LogP) is 3.45. The Labute approximate surface area is 146 Å². The van der Waals surface area contributed by atoms with Crippen molar-refractivity contribution in [1.82, 2.24) is 0 Å². The fourth-order valence-corrected chi connectivity index (χ4v) is 4.22. The van der Waals surface area contributed by atoms with Crippen LogP contribution in [0.15, 0.2) is 47.4 Å². The smallest absolute Gasteiger partial charge is 0.262 e. The maximum absolute atomic E-state index is 13.2. The molecular weight excluding hydrogens is 343 g/mol. The SMILES string of the molecule is Cc1cc(F)ccc1S(=O)(=O)Nc1cccc(N2CCCCC2=O)c1. The number of hydrogen-bond donors (Lipinski definition) is 1. The second kappa shape index (κ2) is 6.84. The van der Waals surface area contributed by atoms with E-state index in [0.717, 1.165) is 18.9 Å². The van der Waals surface area contributed by atoms with Gasteiger partial charge >= 0.3 is 0 Å². The zero-order chi connectivity index (χ0) is 18.0. The van der Waals surface area contributed by atoms with Gasteiger partial charge in [-0.2, -0.15) is 0 Å². The van der Waals surface area contributed by atoms with Crippen molar-refractivity contribution < 1.29 is 17.6 Å². The Bertz CT molecular complexity index is 912. The van der Waals surface area contributed by atoms with Gasteiger partial charge in [-0.1, -0.05) is 6.07 Å². The van der Waals surface area contributed by atoms with E-state index in [1.165, 1.54) is 12.1 Å². The van der Waals surface area contributed by atoms with E-state index in [0.29, 0.717) is 29.9 Å². The third kappa shape index (κ3) is 3.82. The van der Waals surface area contributed by atoms with Crippen LogP contribution in [-0.4, -0.2) is 20.9 Å². The predicted molar refractivity (Wildman–Crippen MR) is 94.6 cm³/mol. The van der Waals surface area contributed by atoms with E-state index in [-0.39, 0.29) is 10.8 Å². The lowest BCUT2D eigenvalue weighted by atomic mass is 10.1. The maximum atomic E-state index is 13.2. The monoisotopic (exact) mass is 362 g/mol. The molecule has 1 aliphatic heterocycles. The van der Waals surface area contributed by atoms with E-state index in [1.54, 1.807) is 36.1 Å². The van der Waals surface area contributed by atoms with E-state index in [9.17, 15) is 17.6 Å². The molecule has 5 nitrogen and oxygen atoms in total. The van der Waals surface area contributed by atoms with Gasteiger partial charge < -0.3 is 4.90 Å². The fraction of sp³-hybridized carbons (Fsp3) is 0.278. The number of nitrogens with zero attached hydrogens (tertiary/aromatic N) is 1. The lowest BCUT2D eigenvalue weighted by Gasteiger charge is -2.27. The standard InChI is InChI=1S/C18H19FN2O3S/c1-13-11-14(19)8-9-17(13)25(23,24)20-15-5-4-6-16(12-15)21-10-3-2-7-18(21)22/h4-6,8-9,11-12,20H,2-3,7,10H2,1H3. The van der Waals surface area contributed by atoms with Crippen LogP contribution >= 0.6 is 0 Å².